The van der Waals surface area contributed by atoms with Crippen molar-refractivity contribution in [3.05, 3.63) is 0 Å². The number of nitrogens with zero attached hydrogens (tertiary/aromatic N) is 1. The number of likely N-dealkylation sites (tertiary alicyclic amines) is 1. The molecule has 0 aromatic rings. The van der Waals surface area contributed by atoms with E-state index in [4.69, 9.17) is 0 Å². The second kappa shape index (κ2) is 8.51. The van der Waals surface area contributed by atoms with Gasteiger partial charge in [-0.1, -0.05) is 26.2 Å². The van der Waals surface area contributed by atoms with E-state index < -0.39 is 0 Å². The van der Waals surface area contributed by atoms with Crippen molar-refractivity contribution in [2.24, 2.45) is 5.92 Å². The Balaban J connectivity index is 2.12. The molecule has 17 heavy (non-hydrogen) atoms. The third-order valence-electron chi connectivity index (χ3n) is 3.70. The Kier molecular flexibility index (Phi) is 7.25. The van der Waals surface area contributed by atoms with Crippen molar-refractivity contribution in [3.63, 3.8) is 0 Å². The quantitative estimate of drug-likeness (QED) is 0.693. The predicted octanol–water partition coefficient (Wildman–Crippen LogP) is 2.41. The van der Waals surface area contributed by atoms with Crippen molar-refractivity contribution in [1.29, 1.82) is 0 Å². The summed E-state index contributed by atoms with van der Waals surface area (Å²) in [5.74, 6) is 1.15. The van der Waals surface area contributed by atoms with E-state index >= 15 is 0 Å². The first kappa shape index (κ1) is 14.5. The fourth-order valence-electron chi connectivity index (χ4n) is 2.54. The minimum absolute atomic E-state index is 0.379. The van der Waals surface area contributed by atoms with E-state index in [9.17, 15) is 4.79 Å². The lowest BCUT2D eigenvalue weighted by Gasteiger charge is -2.32. The smallest absolute Gasteiger partial charge is 0.222 e. The van der Waals surface area contributed by atoms with Crippen molar-refractivity contribution in [1.82, 2.24) is 10.2 Å². The van der Waals surface area contributed by atoms with Crippen molar-refractivity contribution in [2.45, 2.75) is 51.9 Å². The van der Waals surface area contributed by atoms with Crippen LogP contribution in [0.2, 0.25) is 0 Å². The maximum Gasteiger partial charge on any atom is 0.222 e. The molecule has 0 atom stereocenters. The summed E-state index contributed by atoms with van der Waals surface area (Å²) in [7, 11) is 2.01. The van der Waals surface area contributed by atoms with Crippen LogP contribution < -0.4 is 5.32 Å². The Labute approximate surface area is 106 Å². The molecule has 1 amide bonds. The molecule has 1 aliphatic rings. The zero-order valence-electron chi connectivity index (χ0n) is 11.5. The van der Waals surface area contributed by atoms with E-state index in [1.54, 1.807) is 0 Å². The molecule has 0 aliphatic carbocycles. The summed E-state index contributed by atoms with van der Waals surface area (Å²) in [6, 6.07) is 0. The normalized spacial score (nSPS) is 17.4. The molecule has 1 heterocycles. The van der Waals surface area contributed by atoms with Gasteiger partial charge in [0.1, 0.15) is 0 Å². The van der Waals surface area contributed by atoms with Gasteiger partial charge in [0, 0.05) is 19.5 Å². The molecule has 3 nitrogen and oxygen atoms in total. The molecule has 3 heteroatoms. The van der Waals surface area contributed by atoms with Gasteiger partial charge in [-0.3, -0.25) is 4.79 Å². The van der Waals surface area contributed by atoms with Gasteiger partial charge in [0.05, 0.1) is 0 Å². The number of hydrogen-bond acceptors (Lipinski definition) is 2. The van der Waals surface area contributed by atoms with Gasteiger partial charge >= 0.3 is 0 Å². The fourth-order valence-corrected chi connectivity index (χ4v) is 2.54. The highest BCUT2D eigenvalue weighted by atomic mass is 16.2. The highest BCUT2D eigenvalue weighted by molar-refractivity contribution is 5.76. The van der Waals surface area contributed by atoms with Crippen LogP contribution in [0.4, 0.5) is 0 Å². The van der Waals surface area contributed by atoms with Crippen molar-refractivity contribution in [2.75, 3.05) is 26.7 Å². The second-order valence-corrected chi connectivity index (χ2v) is 5.19. The lowest BCUT2D eigenvalue weighted by molar-refractivity contribution is -0.132. The minimum Gasteiger partial charge on any atom is -0.343 e. The highest BCUT2D eigenvalue weighted by Crippen LogP contribution is 2.17. The van der Waals surface area contributed by atoms with Gasteiger partial charge in [-0.2, -0.15) is 0 Å². The van der Waals surface area contributed by atoms with Crippen LogP contribution in [-0.4, -0.2) is 37.5 Å². The molecule has 0 spiro atoms. The summed E-state index contributed by atoms with van der Waals surface area (Å²) < 4.78 is 0. The first-order valence-electron chi connectivity index (χ1n) is 7.20. The number of hydrogen-bond donors (Lipinski definition) is 1. The average Bonchev–Trinajstić information content (AvgIpc) is 2.36. The number of carbonyl (C=O) groups excluding carboxylic acids is 1. The van der Waals surface area contributed by atoms with E-state index in [0.29, 0.717) is 5.91 Å². The van der Waals surface area contributed by atoms with Crippen LogP contribution in [0, 0.1) is 5.92 Å². The molecule has 0 aromatic heterocycles. The molecular weight excluding hydrogens is 212 g/mol. The first-order valence-corrected chi connectivity index (χ1v) is 7.20. The number of nitrogens with one attached hydrogen (secondary N) is 1. The predicted molar refractivity (Wildman–Crippen MR) is 72.0 cm³/mol. The fraction of sp³-hybridized carbons (Fsp3) is 0.929. The topological polar surface area (TPSA) is 32.3 Å². The van der Waals surface area contributed by atoms with Crippen LogP contribution in [0.25, 0.3) is 0 Å². The van der Waals surface area contributed by atoms with Crippen LogP contribution in [0.5, 0.6) is 0 Å². The van der Waals surface area contributed by atoms with E-state index in [1.807, 2.05) is 7.05 Å². The third-order valence-corrected chi connectivity index (χ3v) is 3.70. The Morgan fingerprint density at radius 1 is 1.24 bits per heavy atom. The minimum atomic E-state index is 0.379. The molecule has 0 saturated carbocycles. The van der Waals surface area contributed by atoms with Gasteiger partial charge in [-0.25, -0.2) is 0 Å². The molecule has 100 valence electrons. The van der Waals surface area contributed by atoms with Gasteiger partial charge < -0.3 is 10.2 Å². The van der Waals surface area contributed by atoms with Crippen LogP contribution in [-0.2, 0) is 4.79 Å². The molecule has 0 aromatic carbocycles. The standard InChI is InChI=1S/C14H28N2O/c1-3-4-5-6-7-14(17)16-10-8-13(9-11-16)12-15-2/h13,15H,3-12H2,1-2H3. The zero-order valence-corrected chi connectivity index (χ0v) is 11.5. The van der Waals surface area contributed by atoms with Gasteiger partial charge in [-0.15, -0.1) is 0 Å². The molecular formula is C14H28N2O. The molecule has 1 fully saturated rings. The number of carbonyl (C=O) groups is 1. The van der Waals surface area contributed by atoms with Crippen LogP contribution in [0.3, 0.4) is 0 Å². The number of piperidine rings is 1. The summed E-state index contributed by atoms with van der Waals surface area (Å²) in [6.45, 7) is 5.24. The summed E-state index contributed by atoms with van der Waals surface area (Å²) in [5.41, 5.74) is 0. The highest BCUT2D eigenvalue weighted by Gasteiger charge is 2.21. The average molecular weight is 240 g/mol. The van der Waals surface area contributed by atoms with E-state index in [0.717, 1.165) is 38.4 Å². The molecule has 1 rings (SSSR count). The second-order valence-electron chi connectivity index (χ2n) is 5.19. The molecule has 0 unspecified atom stereocenters. The summed E-state index contributed by atoms with van der Waals surface area (Å²) in [5, 5.41) is 3.23. The number of unbranched alkanes of at least 4 members (excludes halogenated alkanes) is 3. The Morgan fingerprint density at radius 2 is 1.94 bits per heavy atom. The molecule has 1 saturated heterocycles. The van der Waals surface area contributed by atoms with Crippen LogP contribution in [0.1, 0.15) is 51.9 Å². The van der Waals surface area contributed by atoms with E-state index in [-0.39, 0.29) is 0 Å². The van der Waals surface area contributed by atoms with Crippen LogP contribution >= 0.6 is 0 Å². The summed E-state index contributed by atoms with van der Waals surface area (Å²) >= 11 is 0. The summed E-state index contributed by atoms with van der Waals surface area (Å²) in [4.78, 5) is 14.0. The van der Waals surface area contributed by atoms with Crippen molar-refractivity contribution < 1.29 is 4.79 Å². The molecule has 1 N–H and O–H groups in total. The molecule has 1 aliphatic heterocycles. The molecule has 0 bridgehead atoms. The maximum absolute atomic E-state index is 11.9. The summed E-state index contributed by atoms with van der Waals surface area (Å²) in [6.07, 6.45) is 7.88. The largest absolute Gasteiger partial charge is 0.343 e. The Hall–Kier alpha value is -0.570. The number of rotatable bonds is 7. The van der Waals surface area contributed by atoms with Crippen molar-refractivity contribution >= 4 is 5.91 Å². The SMILES string of the molecule is CCCCCCC(=O)N1CCC(CNC)CC1. The van der Waals surface area contributed by atoms with Gasteiger partial charge in [0.25, 0.3) is 0 Å². The lowest BCUT2D eigenvalue weighted by Crippen LogP contribution is -2.40. The third kappa shape index (κ3) is 5.53. The molecule has 0 radical (unpaired) electrons. The maximum atomic E-state index is 11.9. The van der Waals surface area contributed by atoms with Gasteiger partial charge in [-0.05, 0) is 38.8 Å². The lowest BCUT2D eigenvalue weighted by atomic mass is 9.96. The number of amides is 1. The Bertz CT molecular complexity index is 210. The van der Waals surface area contributed by atoms with E-state index in [2.05, 4.69) is 17.1 Å². The van der Waals surface area contributed by atoms with Crippen molar-refractivity contribution in [3.8, 4) is 0 Å². The first-order chi connectivity index (χ1) is 8.27. The zero-order chi connectivity index (χ0) is 12.5. The Morgan fingerprint density at radius 3 is 2.53 bits per heavy atom. The van der Waals surface area contributed by atoms with E-state index in [1.165, 1.54) is 32.1 Å². The van der Waals surface area contributed by atoms with Crippen LogP contribution in [0.15, 0.2) is 0 Å². The monoisotopic (exact) mass is 240 g/mol. The van der Waals surface area contributed by atoms with Gasteiger partial charge in [0.2, 0.25) is 5.91 Å². The van der Waals surface area contributed by atoms with Gasteiger partial charge in [0.15, 0.2) is 0 Å².